The minimum Gasteiger partial charge on any atom is -0.256 e. The van der Waals surface area contributed by atoms with Crippen molar-refractivity contribution in [2.45, 2.75) is 0 Å². The molecule has 112 valence electrons. The van der Waals surface area contributed by atoms with E-state index in [0.717, 1.165) is 22.4 Å². The van der Waals surface area contributed by atoms with Gasteiger partial charge in [0.05, 0.1) is 5.71 Å². The van der Waals surface area contributed by atoms with Gasteiger partial charge in [0.1, 0.15) is 0 Å². The van der Waals surface area contributed by atoms with Gasteiger partial charge in [-0.3, -0.25) is 4.99 Å². The lowest BCUT2D eigenvalue weighted by Crippen LogP contribution is -2.06. The summed E-state index contributed by atoms with van der Waals surface area (Å²) >= 11 is 0. The lowest BCUT2D eigenvalue weighted by atomic mass is 9.95. The van der Waals surface area contributed by atoms with Crippen molar-refractivity contribution >= 4 is 5.71 Å². The minimum absolute atomic E-state index is 0.737. The number of hydrogen-bond donors (Lipinski definition) is 0. The topological polar surface area (TPSA) is 12.4 Å². The van der Waals surface area contributed by atoms with Crippen LogP contribution in [0.4, 0.5) is 0 Å². The van der Waals surface area contributed by atoms with Crippen molar-refractivity contribution in [3.63, 3.8) is 0 Å². The van der Waals surface area contributed by atoms with E-state index in [1.807, 2.05) is 30.4 Å². The number of aliphatic imine (C=N–C) groups is 1. The van der Waals surface area contributed by atoms with Crippen LogP contribution in [0.3, 0.4) is 0 Å². The lowest BCUT2D eigenvalue weighted by Gasteiger charge is -2.11. The van der Waals surface area contributed by atoms with E-state index in [9.17, 15) is 0 Å². The molecule has 0 aromatic heterocycles. The van der Waals surface area contributed by atoms with Crippen LogP contribution in [0.2, 0.25) is 0 Å². The monoisotopic (exact) mass is 289 g/mol. The molecule has 0 bridgehead atoms. The molecule has 0 N–H and O–H groups in total. The van der Waals surface area contributed by atoms with E-state index < -0.39 is 0 Å². The first-order chi connectivity index (χ1) is 10.7. The molecule has 0 heterocycles. The number of rotatable bonds is 10. The molecule has 1 nitrogen and oxygen atoms in total. The third kappa shape index (κ3) is 6.02. The van der Waals surface area contributed by atoms with Crippen LogP contribution >= 0.6 is 0 Å². The van der Waals surface area contributed by atoms with Gasteiger partial charge in [-0.25, -0.2) is 0 Å². The molecule has 0 saturated carbocycles. The van der Waals surface area contributed by atoms with E-state index in [4.69, 9.17) is 0 Å². The molecule has 1 heteroatoms. The van der Waals surface area contributed by atoms with Gasteiger partial charge in [-0.05, 0) is 5.57 Å². The van der Waals surface area contributed by atoms with Gasteiger partial charge in [-0.15, -0.1) is 0 Å². The predicted octanol–water partition coefficient (Wildman–Crippen LogP) is 5.84. The van der Waals surface area contributed by atoms with E-state index in [1.165, 1.54) is 6.20 Å². The third-order valence-corrected chi connectivity index (χ3v) is 2.61. The first-order valence-corrected chi connectivity index (χ1v) is 6.79. The highest BCUT2D eigenvalue weighted by atomic mass is 14.7. The summed E-state index contributed by atoms with van der Waals surface area (Å²) in [6, 6.07) is 0. The van der Waals surface area contributed by atoms with Crippen LogP contribution < -0.4 is 0 Å². The first-order valence-electron chi connectivity index (χ1n) is 6.79. The molecule has 0 aliphatic rings. The normalized spacial score (nSPS) is 12.0. The van der Waals surface area contributed by atoms with Crippen molar-refractivity contribution in [2.24, 2.45) is 4.99 Å². The number of nitrogens with zero attached hydrogens (tertiary/aromatic N) is 1. The summed E-state index contributed by atoms with van der Waals surface area (Å²) in [5, 5.41) is 0. The standard InChI is InChI=1S/C21H23N/c1-7-13-16-19(15-9-3)21(22-12-6)20(17-14-8-2)18(10-4)11-5/h7-17H,1-6H2/b16-13-,17-14-,19-15+,22-21-. The Kier molecular flexibility index (Phi) is 10.3. The molecule has 0 atom stereocenters. The molecule has 0 unspecified atom stereocenters. The summed E-state index contributed by atoms with van der Waals surface area (Å²) in [5.41, 5.74) is 3.34. The minimum atomic E-state index is 0.737. The van der Waals surface area contributed by atoms with Gasteiger partial charge in [0.25, 0.3) is 0 Å². The van der Waals surface area contributed by atoms with Crippen LogP contribution in [0.15, 0.2) is 128 Å². The Hall–Kier alpha value is -2.93. The zero-order valence-electron chi connectivity index (χ0n) is 13.0. The molecule has 0 rings (SSSR count). The molecule has 22 heavy (non-hydrogen) atoms. The molecule has 0 saturated heterocycles. The largest absolute Gasteiger partial charge is 0.256 e. The van der Waals surface area contributed by atoms with Gasteiger partial charge in [0.15, 0.2) is 0 Å². The molecular weight excluding hydrogens is 266 g/mol. The van der Waals surface area contributed by atoms with Crippen molar-refractivity contribution in [1.29, 1.82) is 0 Å². The Morgan fingerprint density at radius 2 is 1.32 bits per heavy atom. The maximum absolute atomic E-state index is 4.41. The summed E-state index contributed by atoms with van der Waals surface area (Å²) in [7, 11) is 0. The van der Waals surface area contributed by atoms with Crippen molar-refractivity contribution in [1.82, 2.24) is 0 Å². The quantitative estimate of drug-likeness (QED) is 0.354. The van der Waals surface area contributed by atoms with Gasteiger partial charge < -0.3 is 0 Å². The summed E-state index contributed by atoms with van der Waals surface area (Å²) < 4.78 is 0. The Labute approximate surface area is 134 Å². The molecule has 0 aliphatic carbocycles. The third-order valence-electron chi connectivity index (χ3n) is 2.61. The second-order valence-electron chi connectivity index (χ2n) is 3.98. The fraction of sp³-hybridized carbons (Fsp3) is 0. The Bertz CT molecular complexity index is 592. The van der Waals surface area contributed by atoms with Crippen molar-refractivity contribution in [2.75, 3.05) is 0 Å². The van der Waals surface area contributed by atoms with Crippen LogP contribution in [-0.2, 0) is 0 Å². The average Bonchev–Trinajstić information content (AvgIpc) is 2.54. The van der Waals surface area contributed by atoms with Gasteiger partial charge >= 0.3 is 0 Å². The summed E-state index contributed by atoms with van der Waals surface area (Å²) in [4.78, 5) is 4.41. The van der Waals surface area contributed by atoms with Crippen LogP contribution in [0.1, 0.15) is 0 Å². The highest BCUT2D eigenvalue weighted by Crippen LogP contribution is 2.18. The number of allylic oxidation sites excluding steroid dienone is 13. The van der Waals surface area contributed by atoms with E-state index in [-0.39, 0.29) is 0 Å². The van der Waals surface area contributed by atoms with Gasteiger partial charge in [-0.1, -0.05) is 100 Å². The molecule has 0 aliphatic heterocycles. The molecular formula is C21H23N. The fourth-order valence-electron chi connectivity index (χ4n) is 1.68. The van der Waals surface area contributed by atoms with Crippen LogP contribution in [0.25, 0.3) is 0 Å². The summed E-state index contributed by atoms with van der Waals surface area (Å²) in [6.07, 6.45) is 19.4. The SMILES string of the molecule is C=C/C=C\C(=C(C=C)C=C)C(=N\C=C)/C(/C=C\C=C)=C/C=C. The highest BCUT2D eigenvalue weighted by molar-refractivity contribution is 6.17. The highest BCUT2D eigenvalue weighted by Gasteiger charge is 2.10. The summed E-state index contributed by atoms with van der Waals surface area (Å²) in [5.74, 6) is 0. The van der Waals surface area contributed by atoms with Crippen LogP contribution in [0, 0.1) is 0 Å². The van der Waals surface area contributed by atoms with Gasteiger partial charge in [0.2, 0.25) is 0 Å². The molecule has 0 aromatic carbocycles. The zero-order valence-corrected chi connectivity index (χ0v) is 13.0. The van der Waals surface area contributed by atoms with Crippen LogP contribution in [-0.4, -0.2) is 5.71 Å². The van der Waals surface area contributed by atoms with Gasteiger partial charge in [0, 0.05) is 17.3 Å². The molecule has 0 amide bonds. The smallest absolute Gasteiger partial charge is 0.0779 e. The van der Waals surface area contributed by atoms with Crippen LogP contribution in [0.5, 0.6) is 0 Å². The van der Waals surface area contributed by atoms with Gasteiger partial charge in [-0.2, -0.15) is 0 Å². The van der Waals surface area contributed by atoms with E-state index in [0.29, 0.717) is 0 Å². The maximum atomic E-state index is 4.41. The predicted molar refractivity (Wildman–Crippen MR) is 102 cm³/mol. The van der Waals surface area contributed by atoms with Crippen molar-refractivity contribution in [3.05, 3.63) is 123 Å². The van der Waals surface area contributed by atoms with E-state index in [1.54, 1.807) is 30.4 Å². The van der Waals surface area contributed by atoms with E-state index >= 15 is 0 Å². The van der Waals surface area contributed by atoms with E-state index in [2.05, 4.69) is 44.5 Å². The molecule has 0 spiro atoms. The Balaban J connectivity index is 6.44. The molecule has 0 fully saturated rings. The fourth-order valence-corrected chi connectivity index (χ4v) is 1.68. The Morgan fingerprint density at radius 3 is 1.77 bits per heavy atom. The second-order valence-corrected chi connectivity index (χ2v) is 3.98. The Morgan fingerprint density at radius 1 is 0.727 bits per heavy atom. The molecule has 0 aromatic rings. The second kappa shape index (κ2) is 11.9. The average molecular weight is 289 g/mol. The van der Waals surface area contributed by atoms with Crippen molar-refractivity contribution < 1.29 is 0 Å². The number of hydrogen-bond acceptors (Lipinski definition) is 1. The van der Waals surface area contributed by atoms with Crippen molar-refractivity contribution in [3.8, 4) is 0 Å². The molecule has 0 radical (unpaired) electrons. The first kappa shape index (κ1) is 19.1. The maximum Gasteiger partial charge on any atom is 0.0779 e. The summed E-state index contributed by atoms with van der Waals surface area (Å²) in [6.45, 7) is 22.5. The lowest BCUT2D eigenvalue weighted by molar-refractivity contribution is 1.50. The zero-order chi connectivity index (χ0) is 16.8.